The number of benzene rings is 1. The monoisotopic (exact) mass is 335 g/mol. The fourth-order valence-electron chi connectivity index (χ4n) is 1.88. The maximum atomic E-state index is 10.5. The molecule has 1 aromatic carbocycles. The molecule has 9 nitrogen and oxygen atoms in total. The molecular formula is C15H17N3O6. The summed E-state index contributed by atoms with van der Waals surface area (Å²) in [6.45, 7) is 0.573. The van der Waals surface area contributed by atoms with Gasteiger partial charge in [-0.25, -0.2) is 14.4 Å². The standard InChI is InChI=1S/C11H13N3O2.C4H4O4/c12-4-3-7-6-13-10-2-1-8(5-9(7)10)14-11(15)16;5-3(6)1-2-4(7)8/h1-2,5-6,13-14H,3-4,12H2,(H,15,16);1-2H,(H,5,6)(H,7,8). The first-order valence-electron chi connectivity index (χ1n) is 6.77. The molecule has 0 aliphatic carbocycles. The second-order valence-electron chi connectivity index (χ2n) is 4.55. The van der Waals surface area contributed by atoms with E-state index in [-0.39, 0.29) is 0 Å². The van der Waals surface area contributed by atoms with Gasteiger partial charge in [0.1, 0.15) is 0 Å². The lowest BCUT2D eigenvalue weighted by Crippen LogP contribution is -2.07. The lowest BCUT2D eigenvalue weighted by Gasteiger charge is -2.01. The van der Waals surface area contributed by atoms with E-state index in [0.717, 1.165) is 22.9 Å². The topological polar surface area (TPSA) is 166 Å². The van der Waals surface area contributed by atoms with Gasteiger partial charge in [-0.05, 0) is 36.7 Å². The number of fused-ring (bicyclic) bond motifs is 1. The third-order valence-electron chi connectivity index (χ3n) is 2.80. The number of H-pyrrole nitrogens is 1. The number of nitrogens with one attached hydrogen (secondary N) is 2. The van der Waals surface area contributed by atoms with Gasteiger partial charge in [-0.2, -0.15) is 0 Å². The van der Waals surface area contributed by atoms with Crippen LogP contribution in [0.15, 0.2) is 36.5 Å². The number of aromatic nitrogens is 1. The number of nitrogens with two attached hydrogens (primary N) is 1. The summed E-state index contributed by atoms with van der Waals surface area (Å²) in [6.07, 6.45) is 2.73. The highest BCUT2D eigenvalue weighted by molar-refractivity contribution is 5.91. The first kappa shape index (κ1) is 18.7. The van der Waals surface area contributed by atoms with E-state index in [9.17, 15) is 14.4 Å². The van der Waals surface area contributed by atoms with E-state index >= 15 is 0 Å². The van der Waals surface area contributed by atoms with Gasteiger partial charge in [0.2, 0.25) is 0 Å². The maximum Gasteiger partial charge on any atom is 0.409 e. The Kier molecular flexibility index (Phi) is 6.98. The van der Waals surface area contributed by atoms with Crippen molar-refractivity contribution >= 4 is 34.6 Å². The van der Waals surface area contributed by atoms with Gasteiger partial charge in [0.05, 0.1) is 0 Å². The number of amides is 1. The minimum absolute atomic E-state index is 0.558. The number of carboxylic acid groups (broad SMARTS) is 3. The van der Waals surface area contributed by atoms with Crippen LogP contribution >= 0.6 is 0 Å². The molecule has 0 saturated carbocycles. The van der Waals surface area contributed by atoms with Crippen molar-refractivity contribution in [2.45, 2.75) is 6.42 Å². The largest absolute Gasteiger partial charge is 0.478 e. The Morgan fingerprint density at radius 1 is 1.12 bits per heavy atom. The zero-order valence-electron chi connectivity index (χ0n) is 12.5. The van der Waals surface area contributed by atoms with Crippen molar-refractivity contribution in [1.29, 1.82) is 0 Å². The van der Waals surface area contributed by atoms with E-state index in [4.69, 9.17) is 21.1 Å². The van der Waals surface area contributed by atoms with E-state index in [0.29, 0.717) is 24.4 Å². The molecule has 0 unspecified atom stereocenters. The van der Waals surface area contributed by atoms with Crippen molar-refractivity contribution in [2.24, 2.45) is 5.73 Å². The molecule has 0 aliphatic rings. The van der Waals surface area contributed by atoms with Gasteiger partial charge in [-0.1, -0.05) is 0 Å². The zero-order valence-corrected chi connectivity index (χ0v) is 12.5. The number of hydrogen-bond acceptors (Lipinski definition) is 4. The molecule has 128 valence electrons. The van der Waals surface area contributed by atoms with Crippen LogP contribution in [0.25, 0.3) is 10.9 Å². The SMILES string of the molecule is NCCc1c[nH]c2ccc(NC(=O)O)cc12.O=C(O)C=CC(=O)O. The zero-order chi connectivity index (χ0) is 18.1. The number of rotatable bonds is 5. The fourth-order valence-corrected chi connectivity index (χ4v) is 1.88. The molecule has 0 atom stereocenters. The van der Waals surface area contributed by atoms with Crippen LogP contribution in [0.2, 0.25) is 0 Å². The molecule has 24 heavy (non-hydrogen) atoms. The number of aromatic amines is 1. The summed E-state index contributed by atoms with van der Waals surface area (Å²) < 4.78 is 0. The second-order valence-corrected chi connectivity index (χ2v) is 4.55. The highest BCUT2D eigenvalue weighted by atomic mass is 16.4. The molecule has 7 N–H and O–H groups in total. The molecule has 0 spiro atoms. The normalized spacial score (nSPS) is 10.2. The molecule has 0 saturated heterocycles. The summed E-state index contributed by atoms with van der Waals surface area (Å²) in [5.74, 6) is -2.51. The average Bonchev–Trinajstić information content (AvgIpc) is 2.88. The second kappa shape index (κ2) is 8.96. The minimum Gasteiger partial charge on any atom is -0.478 e. The predicted octanol–water partition coefficient (Wildman–Crippen LogP) is 1.47. The minimum atomic E-state index is -1.26. The number of carboxylic acids is 2. The van der Waals surface area contributed by atoms with Crippen LogP contribution in [0, 0.1) is 0 Å². The van der Waals surface area contributed by atoms with Gasteiger partial charge in [0.15, 0.2) is 0 Å². The highest BCUT2D eigenvalue weighted by Gasteiger charge is 2.05. The molecule has 2 rings (SSSR count). The Morgan fingerprint density at radius 3 is 2.25 bits per heavy atom. The van der Waals surface area contributed by atoms with Crippen LogP contribution in [0.5, 0.6) is 0 Å². The van der Waals surface area contributed by atoms with Crippen LogP contribution in [0.1, 0.15) is 5.56 Å². The third-order valence-corrected chi connectivity index (χ3v) is 2.80. The Bertz CT molecular complexity index is 750. The van der Waals surface area contributed by atoms with Gasteiger partial charge in [-0.3, -0.25) is 5.32 Å². The number of carbonyl (C=O) groups is 3. The van der Waals surface area contributed by atoms with Crippen LogP contribution in [0.3, 0.4) is 0 Å². The molecule has 0 fully saturated rings. The van der Waals surface area contributed by atoms with Gasteiger partial charge >= 0.3 is 18.0 Å². The summed E-state index contributed by atoms with van der Waals surface area (Å²) >= 11 is 0. The van der Waals surface area contributed by atoms with E-state index in [2.05, 4.69) is 10.3 Å². The van der Waals surface area contributed by atoms with Crippen molar-refractivity contribution in [2.75, 3.05) is 11.9 Å². The Labute approximate surface area is 136 Å². The lowest BCUT2D eigenvalue weighted by atomic mass is 10.1. The number of aliphatic carboxylic acids is 2. The molecule has 1 amide bonds. The molecule has 0 bridgehead atoms. The molecule has 1 aromatic heterocycles. The van der Waals surface area contributed by atoms with Crippen molar-refractivity contribution in [1.82, 2.24) is 4.98 Å². The van der Waals surface area contributed by atoms with E-state index in [1.165, 1.54) is 0 Å². The first-order chi connectivity index (χ1) is 11.3. The fraction of sp³-hybridized carbons (Fsp3) is 0.133. The summed E-state index contributed by atoms with van der Waals surface area (Å²) in [6, 6.07) is 5.38. The molecule has 0 aliphatic heterocycles. The van der Waals surface area contributed by atoms with E-state index in [1.807, 2.05) is 18.3 Å². The van der Waals surface area contributed by atoms with E-state index in [1.54, 1.807) is 6.07 Å². The van der Waals surface area contributed by atoms with Gasteiger partial charge in [-0.15, -0.1) is 0 Å². The van der Waals surface area contributed by atoms with Crippen molar-refractivity contribution in [3.8, 4) is 0 Å². The summed E-state index contributed by atoms with van der Waals surface area (Å²) in [4.78, 5) is 32.7. The predicted molar refractivity (Wildman–Crippen MR) is 87.1 cm³/mol. The first-order valence-corrected chi connectivity index (χ1v) is 6.77. The van der Waals surface area contributed by atoms with Gasteiger partial charge < -0.3 is 26.0 Å². The molecule has 2 aromatic rings. The Morgan fingerprint density at radius 2 is 1.75 bits per heavy atom. The van der Waals surface area contributed by atoms with Crippen LogP contribution in [0.4, 0.5) is 10.5 Å². The molecule has 1 heterocycles. The van der Waals surface area contributed by atoms with Crippen molar-refractivity contribution < 1.29 is 29.7 Å². The van der Waals surface area contributed by atoms with Crippen molar-refractivity contribution in [3.63, 3.8) is 0 Å². The highest BCUT2D eigenvalue weighted by Crippen LogP contribution is 2.22. The third kappa shape index (κ3) is 6.20. The van der Waals surface area contributed by atoms with Crippen LogP contribution in [-0.2, 0) is 16.0 Å². The summed E-state index contributed by atoms with van der Waals surface area (Å²) in [7, 11) is 0. The summed E-state index contributed by atoms with van der Waals surface area (Å²) in [5, 5.41) is 27.6. The van der Waals surface area contributed by atoms with Crippen molar-refractivity contribution in [3.05, 3.63) is 42.1 Å². The maximum absolute atomic E-state index is 10.5. The molecule has 9 heteroatoms. The molecular weight excluding hydrogens is 318 g/mol. The average molecular weight is 335 g/mol. The number of hydrogen-bond donors (Lipinski definition) is 6. The van der Waals surface area contributed by atoms with Crippen LogP contribution in [-0.4, -0.2) is 44.9 Å². The quantitative estimate of drug-likeness (QED) is 0.450. The van der Waals surface area contributed by atoms with E-state index < -0.39 is 18.0 Å². The summed E-state index contributed by atoms with van der Waals surface area (Å²) in [5.41, 5.74) is 8.16. The Balaban J connectivity index is 0.000000307. The van der Waals surface area contributed by atoms with Gasteiger partial charge in [0.25, 0.3) is 0 Å². The number of anilines is 1. The Hall–Kier alpha value is -3.33. The lowest BCUT2D eigenvalue weighted by molar-refractivity contribution is -0.134. The van der Waals surface area contributed by atoms with Crippen LogP contribution < -0.4 is 11.1 Å². The molecule has 0 radical (unpaired) electrons. The van der Waals surface area contributed by atoms with Gasteiger partial charge in [0, 0.05) is 34.9 Å². The smallest absolute Gasteiger partial charge is 0.409 e.